The van der Waals surface area contributed by atoms with E-state index in [1.807, 2.05) is 14.1 Å². The maximum absolute atomic E-state index is 10.7. The Bertz CT molecular complexity index is 101. The van der Waals surface area contributed by atoms with Crippen molar-refractivity contribution in [3.8, 4) is 0 Å². The average Bonchev–Trinajstić information content (AvgIpc) is 1.84. The molecule has 0 radical (unpaired) electrons. The zero-order valence-electron chi connectivity index (χ0n) is 6.34. The molecule has 0 amide bonds. The van der Waals surface area contributed by atoms with Crippen LogP contribution in [0.2, 0.25) is 0 Å². The maximum atomic E-state index is 10.7. The predicted octanol–water partition coefficient (Wildman–Crippen LogP) is 0.109. The van der Waals surface area contributed by atoms with Gasteiger partial charge in [-0.3, -0.25) is 9.69 Å². The number of carbonyl (C=O) groups excluding carboxylic acids is 1. The molecule has 0 aliphatic carbocycles. The van der Waals surface area contributed by atoms with Crippen molar-refractivity contribution in [3.05, 3.63) is 0 Å². The van der Waals surface area contributed by atoms with Crippen molar-refractivity contribution in [2.45, 2.75) is 13.0 Å². The molecule has 0 aromatic carbocycles. The summed E-state index contributed by atoms with van der Waals surface area (Å²) in [6.07, 6.45) is 0. The topological polar surface area (TPSA) is 29.5 Å². The largest absolute Gasteiger partial charge is 0.468 e. The third-order valence-corrected chi connectivity index (χ3v) is 1.32. The summed E-state index contributed by atoms with van der Waals surface area (Å²) >= 11 is 0. The van der Waals surface area contributed by atoms with E-state index in [-0.39, 0.29) is 12.0 Å². The Labute approximate surface area is 55.6 Å². The lowest BCUT2D eigenvalue weighted by Crippen LogP contribution is -2.33. The number of hydrogen-bond acceptors (Lipinski definition) is 3. The summed E-state index contributed by atoms with van der Waals surface area (Å²) in [5.41, 5.74) is 0. The summed E-state index contributed by atoms with van der Waals surface area (Å²) < 4.78 is 4.49. The van der Waals surface area contributed by atoms with Crippen LogP contribution < -0.4 is 0 Å². The Hall–Kier alpha value is -0.570. The lowest BCUT2D eigenvalue weighted by atomic mass is 10.3. The molecule has 0 spiro atoms. The highest BCUT2D eigenvalue weighted by Gasteiger charge is 2.13. The van der Waals surface area contributed by atoms with Crippen molar-refractivity contribution >= 4 is 5.97 Å². The second kappa shape index (κ2) is 3.45. The number of esters is 1. The van der Waals surface area contributed by atoms with Gasteiger partial charge in [-0.25, -0.2) is 0 Å². The monoisotopic (exact) mass is 131 g/mol. The van der Waals surface area contributed by atoms with E-state index in [9.17, 15) is 4.79 Å². The van der Waals surface area contributed by atoms with Gasteiger partial charge in [-0.05, 0) is 21.0 Å². The van der Waals surface area contributed by atoms with Crippen LogP contribution >= 0.6 is 0 Å². The standard InChI is InChI=1S/C6H13NO2/c1-5(7(2)3)6(8)9-4/h5H,1-4H3/t5-/m1/s1. The smallest absolute Gasteiger partial charge is 0.322 e. The molecule has 0 bridgehead atoms. The first-order valence-electron chi connectivity index (χ1n) is 2.84. The molecule has 0 rings (SSSR count). The minimum Gasteiger partial charge on any atom is -0.468 e. The SMILES string of the molecule is COC(=O)[C@@H](C)N(C)C. The molecule has 54 valence electrons. The maximum Gasteiger partial charge on any atom is 0.322 e. The minimum absolute atomic E-state index is 0.144. The van der Waals surface area contributed by atoms with Gasteiger partial charge in [0.1, 0.15) is 6.04 Å². The van der Waals surface area contributed by atoms with E-state index in [2.05, 4.69) is 4.74 Å². The fourth-order valence-corrected chi connectivity index (χ4v) is 0.381. The van der Waals surface area contributed by atoms with Gasteiger partial charge in [0.2, 0.25) is 0 Å². The Balaban J connectivity index is 3.72. The first kappa shape index (κ1) is 8.43. The number of nitrogens with zero attached hydrogens (tertiary/aromatic N) is 1. The van der Waals surface area contributed by atoms with Crippen molar-refractivity contribution in [2.75, 3.05) is 21.2 Å². The van der Waals surface area contributed by atoms with Crippen LogP contribution in [0, 0.1) is 0 Å². The first-order chi connectivity index (χ1) is 4.09. The molecule has 9 heavy (non-hydrogen) atoms. The van der Waals surface area contributed by atoms with Gasteiger partial charge < -0.3 is 4.74 Å². The first-order valence-corrected chi connectivity index (χ1v) is 2.84. The van der Waals surface area contributed by atoms with Gasteiger partial charge in [0.05, 0.1) is 7.11 Å². The van der Waals surface area contributed by atoms with E-state index in [0.29, 0.717) is 0 Å². The van der Waals surface area contributed by atoms with Gasteiger partial charge in [0.25, 0.3) is 0 Å². The third-order valence-electron chi connectivity index (χ3n) is 1.32. The number of carbonyl (C=O) groups is 1. The quantitative estimate of drug-likeness (QED) is 0.498. The molecule has 0 fully saturated rings. The van der Waals surface area contributed by atoms with E-state index in [1.165, 1.54) is 7.11 Å². The Kier molecular flexibility index (Phi) is 3.24. The Morgan fingerprint density at radius 2 is 2.00 bits per heavy atom. The third kappa shape index (κ3) is 2.46. The van der Waals surface area contributed by atoms with E-state index in [4.69, 9.17) is 0 Å². The van der Waals surface area contributed by atoms with E-state index in [0.717, 1.165) is 0 Å². The molecule has 0 aliphatic heterocycles. The van der Waals surface area contributed by atoms with E-state index in [1.54, 1.807) is 11.8 Å². The lowest BCUT2D eigenvalue weighted by Gasteiger charge is -2.16. The summed E-state index contributed by atoms with van der Waals surface area (Å²) in [7, 11) is 5.06. The van der Waals surface area contributed by atoms with Gasteiger partial charge in [-0.1, -0.05) is 0 Å². The van der Waals surface area contributed by atoms with E-state index < -0.39 is 0 Å². The molecule has 0 unspecified atom stereocenters. The van der Waals surface area contributed by atoms with Crippen molar-refractivity contribution < 1.29 is 9.53 Å². The van der Waals surface area contributed by atoms with Crippen LogP contribution in [0.4, 0.5) is 0 Å². The Morgan fingerprint density at radius 1 is 1.56 bits per heavy atom. The van der Waals surface area contributed by atoms with Gasteiger partial charge in [0, 0.05) is 0 Å². The molecule has 0 aromatic heterocycles. The number of rotatable bonds is 2. The minimum atomic E-state index is -0.194. The second-order valence-corrected chi connectivity index (χ2v) is 2.16. The van der Waals surface area contributed by atoms with Crippen LogP contribution in [0.3, 0.4) is 0 Å². The number of hydrogen-bond donors (Lipinski definition) is 0. The number of likely N-dealkylation sites (N-methyl/N-ethyl adjacent to an activating group) is 1. The fourth-order valence-electron chi connectivity index (χ4n) is 0.381. The summed E-state index contributed by atoms with van der Waals surface area (Å²) in [6.45, 7) is 1.80. The summed E-state index contributed by atoms with van der Waals surface area (Å²) in [4.78, 5) is 12.5. The molecule has 1 atom stereocenters. The molecule has 0 saturated carbocycles. The van der Waals surface area contributed by atoms with Crippen LogP contribution in [0.25, 0.3) is 0 Å². The normalized spacial score (nSPS) is 13.4. The van der Waals surface area contributed by atoms with Gasteiger partial charge >= 0.3 is 5.97 Å². The van der Waals surface area contributed by atoms with Crippen molar-refractivity contribution in [1.82, 2.24) is 4.90 Å². The zero-order chi connectivity index (χ0) is 7.44. The lowest BCUT2D eigenvalue weighted by molar-refractivity contribution is -0.145. The highest BCUT2D eigenvalue weighted by Crippen LogP contribution is 1.92. The van der Waals surface area contributed by atoms with E-state index >= 15 is 0 Å². The summed E-state index contributed by atoms with van der Waals surface area (Å²) in [5, 5.41) is 0. The molecule has 3 heteroatoms. The summed E-state index contributed by atoms with van der Waals surface area (Å²) in [5.74, 6) is -0.194. The average molecular weight is 131 g/mol. The Morgan fingerprint density at radius 3 is 2.11 bits per heavy atom. The summed E-state index contributed by atoms with van der Waals surface area (Å²) in [6, 6.07) is -0.144. The second-order valence-electron chi connectivity index (χ2n) is 2.16. The number of ether oxygens (including phenoxy) is 1. The van der Waals surface area contributed by atoms with Crippen molar-refractivity contribution in [2.24, 2.45) is 0 Å². The highest BCUT2D eigenvalue weighted by molar-refractivity contribution is 5.74. The molecular formula is C6H13NO2. The van der Waals surface area contributed by atoms with Gasteiger partial charge in [0.15, 0.2) is 0 Å². The van der Waals surface area contributed by atoms with Crippen LogP contribution in [0.5, 0.6) is 0 Å². The zero-order valence-corrected chi connectivity index (χ0v) is 6.34. The van der Waals surface area contributed by atoms with Crippen LogP contribution in [0.1, 0.15) is 6.92 Å². The molecule has 3 nitrogen and oxygen atoms in total. The molecule has 0 heterocycles. The van der Waals surface area contributed by atoms with Gasteiger partial charge in [-0.2, -0.15) is 0 Å². The molecule has 0 N–H and O–H groups in total. The van der Waals surface area contributed by atoms with Crippen LogP contribution in [0.15, 0.2) is 0 Å². The number of methoxy groups -OCH3 is 1. The predicted molar refractivity (Wildman–Crippen MR) is 35.2 cm³/mol. The fraction of sp³-hybridized carbons (Fsp3) is 0.833. The van der Waals surface area contributed by atoms with Crippen LogP contribution in [-0.2, 0) is 9.53 Å². The molecular weight excluding hydrogens is 118 g/mol. The highest BCUT2D eigenvalue weighted by atomic mass is 16.5. The van der Waals surface area contributed by atoms with Crippen molar-refractivity contribution in [1.29, 1.82) is 0 Å². The molecule has 0 aliphatic rings. The molecule has 0 saturated heterocycles. The molecule has 0 aromatic rings. The van der Waals surface area contributed by atoms with Crippen LogP contribution in [-0.4, -0.2) is 38.1 Å². The van der Waals surface area contributed by atoms with Gasteiger partial charge in [-0.15, -0.1) is 0 Å². The van der Waals surface area contributed by atoms with Crippen molar-refractivity contribution in [3.63, 3.8) is 0 Å².